The van der Waals surface area contributed by atoms with Gasteiger partial charge in [0.2, 0.25) is 0 Å². The Hall–Kier alpha value is -0.0151. The Balaban J connectivity index is 0. The van der Waals surface area contributed by atoms with Gasteiger partial charge in [-0.15, -0.1) is 0 Å². The molecule has 0 fully saturated rings. The second-order valence-corrected chi connectivity index (χ2v) is 3.43. The molecule has 4 N–H and O–H groups in total. The van der Waals surface area contributed by atoms with E-state index in [0.717, 1.165) is 6.42 Å². The van der Waals surface area contributed by atoms with E-state index in [9.17, 15) is 0 Å². The lowest BCUT2D eigenvalue weighted by atomic mass is 9.76. The maximum atomic E-state index is 5.58. The quantitative estimate of drug-likeness (QED) is 0.483. The molecule has 0 aliphatic rings. The van der Waals surface area contributed by atoms with Gasteiger partial charge in [0.15, 0.2) is 0 Å². The zero-order chi connectivity index (χ0) is 8.91. The Labute approximate surface area is 78.7 Å². The molecule has 0 saturated heterocycles. The topological polar surface area (TPSA) is 52.0 Å². The van der Waals surface area contributed by atoms with Crippen molar-refractivity contribution in [1.82, 2.24) is 0 Å². The van der Waals surface area contributed by atoms with Crippen LogP contribution in [0.2, 0.25) is 0 Å². The summed E-state index contributed by atoms with van der Waals surface area (Å²) >= 11 is 0. The molecule has 0 aliphatic heterocycles. The van der Waals surface area contributed by atoms with Gasteiger partial charge >= 0.3 is 0 Å². The molecule has 0 aliphatic carbocycles. The molecule has 12 heavy (non-hydrogen) atoms. The van der Waals surface area contributed by atoms with E-state index in [4.69, 9.17) is 11.5 Å². The SMILES string of the molecule is CCC(CC)(CC)CC(N)N.[B]. The van der Waals surface area contributed by atoms with Gasteiger partial charge < -0.3 is 11.5 Å². The monoisotopic (exact) mass is 169 g/mol. The summed E-state index contributed by atoms with van der Waals surface area (Å²) in [4.78, 5) is 0. The van der Waals surface area contributed by atoms with Gasteiger partial charge in [-0.05, 0) is 11.8 Å². The van der Waals surface area contributed by atoms with Crippen LogP contribution in [0.4, 0.5) is 0 Å². The van der Waals surface area contributed by atoms with Gasteiger partial charge in [0, 0.05) is 8.41 Å². The van der Waals surface area contributed by atoms with E-state index in [2.05, 4.69) is 20.8 Å². The second-order valence-electron chi connectivity index (χ2n) is 3.43. The average Bonchev–Trinajstić information content (AvgIpc) is 2.00. The van der Waals surface area contributed by atoms with E-state index in [0.29, 0.717) is 5.41 Å². The Bertz CT molecular complexity index is 92.4. The van der Waals surface area contributed by atoms with Crippen LogP contribution in [0, 0.1) is 5.41 Å². The molecule has 0 aromatic rings. The van der Waals surface area contributed by atoms with Gasteiger partial charge in [0.1, 0.15) is 0 Å². The molecule has 0 aromatic heterocycles. The molecule has 0 rings (SSSR count). The standard InChI is InChI=1S/C9H22N2.B/c1-4-9(5-2,6-3)7-8(10)11;/h8H,4-7,10-11H2,1-3H3;. The van der Waals surface area contributed by atoms with E-state index >= 15 is 0 Å². The summed E-state index contributed by atoms with van der Waals surface area (Å²) in [6.45, 7) is 6.65. The molecular formula is C9H22BN2. The molecule has 3 radical (unpaired) electrons. The van der Waals surface area contributed by atoms with Gasteiger partial charge in [-0.3, -0.25) is 0 Å². The van der Waals surface area contributed by atoms with Crippen LogP contribution in [0.3, 0.4) is 0 Å². The maximum Gasteiger partial charge on any atom is 0.0526 e. The molecule has 0 bridgehead atoms. The van der Waals surface area contributed by atoms with E-state index in [-0.39, 0.29) is 14.6 Å². The third-order valence-corrected chi connectivity index (χ3v) is 2.92. The van der Waals surface area contributed by atoms with Crippen LogP contribution in [0.1, 0.15) is 46.5 Å². The fourth-order valence-electron chi connectivity index (χ4n) is 1.68. The Kier molecular flexibility index (Phi) is 7.85. The van der Waals surface area contributed by atoms with E-state index in [1.165, 1.54) is 19.3 Å². The maximum absolute atomic E-state index is 5.58. The fourth-order valence-corrected chi connectivity index (χ4v) is 1.68. The van der Waals surface area contributed by atoms with Crippen LogP contribution in [-0.2, 0) is 0 Å². The van der Waals surface area contributed by atoms with Gasteiger partial charge in [-0.2, -0.15) is 0 Å². The van der Waals surface area contributed by atoms with E-state index in [1.807, 2.05) is 0 Å². The summed E-state index contributed by atoms with van der Waals surface area (Å²) in [6, 6.07) is 0. The highest BCUT2D eigenvalue weighted by Crippen LogP contribution is 2.34. The molecule has 0 aromatic carbocycles. The minimum Gasteiger partial charge on any atom is -0.316 e. The first-order valence-electron chi connectivity index (χ1n) is 4.61. The summed E-state index contributed by atoms with van der Waals surface area (Å²) in [5.41, 5.74) is 11.6. The Morgan fingerprint density at radius 1 is 1.00 bits per heavy atom. The first kappa shape index (κ1) is 14.5. The van der Waals surface area contributed by atoms with Gasteiger partial charge in [-0.25, -0.2) is 0 Å². The lowest BCUT2D eigenvalue weighted by Gasteiger charge is -2.31. The molecular weight excluding hydrogens is 147 g/mol. The molecule has 71 valence electrons. The lowest BCUT2D eigenvalue weighted by molar-refractivity contribution is 0.211. The fraction of sp³-hybridized carbons (Fsp3) is 1.00. The van der Waals surface area contributed by atoms with Gasteiger partial charge in [0.05, 0.1) is 6.17 Å². The lowest BCUT2D eigenvalue weighted by Crippen LogP contribution is -2.37. The smallest absolute Gasteiger partial charge is 0.0526 e. The van der Waals surface area contributed by atoms with Crippen LogP contribution >= 0.6 is 0 Å². The van der Waals surface area contributed by atoms with Gasteiger partial charge in [0.25, 0.3) is 0 Å². The first-order valence-corrected chi connectivity index (χ1v) is 4.61. The molecule has 0 amide bonds. The highest BCUT2D eigenvalue weighted by Gasteiger charge is 2.24. The normalized spacial score (nSPS) is 11.5. The van der Waals surface area contributed by atoms with Crippen molar-refractivity contribution in [3.8, 4) is 0 Å². The van der Waals surface area contributed by atoms with Crippen molar-refractivity contribution in [3.63, 3.8) is 0 Å². The first-order chi connectivity index (χ1) is 5.10. The molecule has 2 nitrogen and oxygen atoms in total. The van der Waals surface area contributed by atoms with Crippen LogP contribution in [0.5, 0.6) is 0 Å². The third kappa shape index (κ3) is 4.12. The highest BCUT2D eigenvalue weighted by atomic mass is 14.8. The number of nitrogens with two attached hydrogens (primary N) is 2. The van der Waals surface area contributed by atoms with Crippen LogP contribution in [0.25, 0.3) is 0 Å². The van der Waals surface area contributed by atoms with Crippen molar-refractivity contribution in [2.75, 3.05) is 0 Å². The van der Waals surface area contributed by atoms with Crippen molar-refractivity contribution in [3.05, 3.63) is 0 Å². The Morgan fingerprint density at radius 2 is 1.33 bits per heavy atom. The number of rotatable bonds is 5. The molecule has 0 atom stereocenters. The largest absolute Gasteiger partial charge is 0.316 e. The number of hydrogen-bond acceptors (Lipinski definition) is 2. The average molecular weight is 169 g/mol. The van der Waals surface area contributed by atoms with Gasteiger partial charge in [-0.1, -0.05) is 40.0 Å². The van der Waals surface area contributed by atoms with Crippen LogP contribution in [-0.4, -0.2) is 14.6 Å². The minimum absolute atomic E-state index is 0. The van der Waals surface area contributed by atoms with Crippen molar-refractivity contribution < 1.29 is 0 Å². The van der Waals surface area contributed by atoms with Crippen molar-refractivity contribution >= 4 is 8.41 Å². The highest BCUT2D eigenvalue weighted by molar-refractivity contribution is 5.75. The minimum atomic E-state index is -0.144. The predicted molar refractivity (Wildman–Crippen MR) is 55.8 cm³/mol. The zero-order valence-corrected chi connectivity index (χ0v) is 8.64. The Morgan fingerprint density at radius 3 is 1.42 bits per heavy atom. The number of hydrogen-bond donors (Lipinski definition) is 2. The zero-order valence-electron chi connectivity index (χ0n) is 8.64. The van der Waals surface area contributed by atoms with Crippen LogP contribution < -0.4 is 11.5 Å². The predicted octanol–water partition coefficient (Wildman–Crippen LogP) is 1.46. The van der Waals surface area contributed by atoms with E-state index in [1.54, 1.807) is 0 Å². The summed E-state index contributed by atoms with van der Waals surface area (Å²) < 4.78 is 0. The second kappa shape index (κ2) is 6.50. The summed E-state index contributed by atoms with van der Waals surface area (Å²) in [6.07, 6.45) is 4.37. The van der Waals surface area contributed by atoms with Crippen molar-refractivity contribution in [2.24, 2.45) is 16.9 Å². The molecule has 3 heteroatoms. The molecule has 0 unspecified atom stereocenters. The molecule has 0 heterocycles. The molecule has 0 saturated carbocycles. The van der Waals surface area contributed by atoms with Crippen molar-refractivity contribution in [2.45, 2.75) is 52.6 Å². The van der Waals surface area contributed by atoms with E-state index < -0.39 is 0 Å². The van der Waals surface area contributed by atoms with Crippen molar-refractivity contribution in [1.29, 1.82) is 0 Å². The summed E-state index contributed by atoms with van der Waals surface area (Å²) in [5, 5.41) is 0. The third-order valence-electron chi connectivity index (χ3n) is 2.92. The molecule has 0 spiro atoms. The summed E-state index contributed by atoms with van der Waals surface area (Å²) in [7, 11) is 0. The van der Waals surface area contributed by atoms with Crippen LogP contribution in [0.15, 0.2) is 0 Å². The summed E-state index contributed by atoms with van der Waals surface area (Å²) in [5.74, 6) is 0.